The minimum atomic E-state index is 0.263. The van der Waals surface area contributed by atoms with Gasteiger partial charge < -0.3 is 10.0 Å². The predicted octanol–water partition coefficient (Wildman–Crippen LogP) is 1.35. The fraction of sp³-hybridized carbons (Fsp3) is 1.00. The number of hydrogen-bond donors (Lipinski definition) is 1. The van der Waals surface area contributed by atoms with E-state index in [4.69, 9.17) is 5.11 Å². The molecule has 0 radical (unpaired) electrons. The summed E-state index contributed by atoms with van der Waals surface area (Å²) in [6.07, 6.45) is 1.20. The standard InChI is InChI=1S/C9H21NO/c1-8(2)7-9(3)10(4)5-6-11/h8-9,11H,5-7H2,1-4H3. The molecule has 1 atom stereocenters. The van der Waals surface area contributed by atoms with Crippen molar-refractivity contribution in [2.24, 2.45) is 5.92 Å². The maximum absolute atomic E-state index is 8.68. The van der Waals surface area contributed by atoms with Gasteiger partial charge in [-0.3, -0.25) is 0 Å². The Bertz CT molecular complexity index is 93.6. The zero-order valence-electron chi connectivity index (χ0n) is 8.17. The summed E-state index contributed by atoms with van der Waals surface area (Å²) in [6, 6.07) is 0.585. The van der Waals surface area contributed by atoms with E-state index in [9.17, 15) is 0 Å². The summed E-state index contributed by atoms with van der Waals surface area (Å²) in [5.41, 5.74) is 0. The van der Waals surface area contributed by atoms with Crippen LogP contribution in [0.3, 0.4) is 0 Å². The van der Waals surface area contributed by atoms with E-state index in [-0.39, 0.29) is 6.61 Å². The molecule has 0 rings (SSSR count). The largest absolute Gasteiger partial charge is 0.395 e. The average molecular weight is 159 g/mol. The van der Waals surface area contributed by atoms with Crippen molar-refractivity contribution in [2.45, 2.75) is 33.2 Å². The quantitative estimate of drug-likeness (QED) is 0.654. The van der Waals surface area contributed by atoms with Crippen LogP contribution in [0.5, 0.6) is 0 Å². The Balaban J connectivity index is 3.54. The second-order valence-electron chi connectivity index (χ2n) is 3.68. The first-order valence-electron chi connectivity index (χ1n) is 4.39. The number of aliphatic hydroxyl groups is 1. The van der Waals surface area contributed by atoms with E-state index in [1.165, 1.54) is 6.42 Å². The van der Waals surface area contributed by atoms with Gasteiger partial charge in [0, 0.05) is 12.6 Å². The third-order valence-electron chi connectivity index (χ3n) is 2.02. The van der Waals surface area contributed by atoms with Gasteiger partial charge in [-0.1, -0.05) is 13.8 Å². The first-order chi connectivity index (χ1) is 5.07. The highest BCUT2D eigenvalue weighted by atomic mass is 16.3. The lowest BCUT2D eigenvalue weighted by Crippen LogP contribution is -2.32. The second-order valence-corrected chi connectivity index (χ2v) is 3.68. The van der Waals surface area contributed by atoms with Gasteiger partial charge in [-0.05, 0) is 26.3 Å². The summed E-state index contributed by atoms with van der Waals surface area (Å²) in [5, 5.41) is 8.68. The summed E-state index contributed by atoms with van der Waals surface area (Å²) >= 11 is 0. The second kappa shape index (κ2) is 5.56. The van der Waals surface area contributed by atoms with Crippen LogP contribution in [0.2, 0.25) is 0 Å². The van der Waals surface area contributed by atoms with Crippen LogP contribution in [0.25, 0.3) is 0 Å². The molecule has 2 heteroatoms. The highest BCUT2D eigenvalue weighted by Crippen LogP contribution is 2.08. The lowest BCUT2D eigenvalue weighted by Gasteiger charge is -2.25. The Morgan fingerprint density at radius 3 is 2.18 bits per heavy atom. The van der Waals surface area contributed by atoms with E-state index in [0.29, 0.717) is 6.04 Å². The van der Waals surface area contributed by atoms with E-state index in [0.717, 1.165) is 12.5 Å². The highest BCUT2D eigenvalue weighted by molar-refractivity contribution is 4.64. The zero-order valence-corrected chi connectivity index (χ0v) is 8.17. The summed E-state index contributed by atoms with van der Waals surface area (Å²) in [6.45, 7) is 7.70. The van der Waals surface area contributed by atoms with E-state index < -0.39 is 0 Å². The smallest absolute Gasteiger partial charge is 0.0558 e. The molecule has 0 bridgehead atoms. The summed E-state index contributed by atoms with van der Waals surface area (Å²) in [4.78, 5) is 2.19. The summed E-state index contributed by atoms with van der Waals surface area (Å²) < 4.78 is 0. The van der Waals surface area contributed by atoms with Crippen LogP contribution in [0.4, 0.5) is 0 Å². The monoisotopic (exact) mass is 159 g/mol. The van der Waals surface area contributed by atoms with Crippen molar-refractivity contribution in [1.29, 1.82) is 0 Å². The molecule has 0 aromatic rings. The minimum absolute atomic E-state index is 0.263. The van der Waals surface area contributed by atoms with Gasteiger partial charge in [0.15, 0.2) is 0 Å². The molecule has 0 aliphatic carbocycles. The summed E-state index contributed by atoms with van der Waals surface area (Å²) in [7, 11) is 2.06. The van der Waals surface area contributed by atoms with Crippen LogP contribution in [0, 0.1) is 5.92 Å². The van der Waals surface area contributed by atoms with Crippen LogP contribution in [-0.4, -0.2) is 36.2 Å². The van der Waals surface area contributed by atoms with Gasteiger partial charge in [0.2, 0.25) is 0 Å². The maximum Gasteiger partial charge on any atom is 0.0558 e. The van der Waals surface area contributed by atoms with Crippen molar-refractivity contribution >= 4 is 0 Å². The maximum atomic E-state index is 8.68. The number of aliphatic hydroxyl groups excluding tert-OH is 1. The molecule has 0 saturated carbocycles. The molecule has 0 fully saturated rings. The molecule has 1 unspecified atom stereocenters. The number of rotatable bonds is 5. The molecule has 1 N–H and O–H groups in total. The first-order valence-corrected chi connectivity index (χ1v) is 4.39. The Morgan fingerprint density at radius 1 is 1.27 bits per heavy atom. The fourth-order valence-electron chi connectivity index (χ4n) is 1.24. The Hall–Kier alpha value is -0.0800. The SMILES string of the molecule is CC(C)CC(C)N(C)CCO. The molecule has 0 amide bonds. The van der Waals surface area contributed by atoms with E-state index in [2.05, 4.69) is 32.7 Å². The molecule has 2 nitrogen and oxygen atoms in total. The normalized spacial score (nSPS) is 14.5. The molecule has 0 aromatic heterocycles. The van der Waals surface area contributed by atoms with E-state index in [1.54, 1.807) is 0 Å². The number of hydrogen-bond acceptors (Lipinski definition) is 2. The predicted molar refractivity (Wildman–Crippen MR) is 48.6 cm³/mol. The molecule has 0 heterocycles. The van der Waals surface area contributed by atoms with Crippen LogP contribution >= 0.6 is 0 Å². The van der Waals surface area contributed by atoms with Crippen molar-refractivity contribution in [3.63, 3.8) is 0 Å². The third-order valence-corrected chi connectivity index (χ3v) is 2.02. The topological polar surface area (TPSA) is 23.5 Å². The van der Waals surface area contributed by atoms with E-state index >= 15 is 0 Å². The van der Waals surface area contributed by atoms with Crippen LogP contribution in [0.15, 0.2) is 0 Å². The van der Waals surface area contributed by atoms with Gasteiger partial charge in [-0.2, -0.15) is 0 Å². The molecular formula is C9H21NO. The minimum Gasteiger partial charge on any atom is -0.395 e. The Morgan fingerprint density at radius 2 is 1.82 bits per heavy atom. The third kappa shape index (κ3) is 5.22. The lowest BCUT2D eigenvalue weighted by molar-refractivity contribution is 0.174. The number of likely N-dealkylation sites (N-methyl/N-ethyl adjacent to an activating group) is 1. The van der Waals surface area contributed by atoms with Crippen molar-refractivity contribution in [3.8, 4) is 0 Å². The van der Waals surface area contributed by atoms with Gasteiger partial charge in [-0.25, -0.2) is 0 Å². The Labute approximate surface area is 70.2 Å². The molecular weight excluding hydrogens is 138 g/mol. The summed E-state index contributed by atoms with van der Waals surface area (Å²) in [5.74, 6) is 0.742. The molecule has 0 aromatic carbocycles. The van der Waals surface area contributed by atoms with Crippen LogP contribution in [0.1, 0.15) is 27.2 Å². The van der Waals surface area contributed by atoms with Gasteiger partial charge in [0.1, 0.15) is 0 Å². The van der Waals surface area contributed by atoms with Gasteiger partial charge in [0.05, 0.1) is 6.61 Å². The van der Waals surface area contributed by atoms with Crippen molar-refractivity contribution < 1.29 is 5.11 Å². The Kier molecular flexibility index (Phi) is 5.51. The lowest BCUT2D eigenvalue weighted by atomic mass is 10.0. The molecule has 0 spiro atoms. The van der Waals surface area contributed by atoms with Crippen molar-refractivity contribution in [2.75, 3.05) is 20.2 Å². The highest BCUT2D eigenvalue weighted by Gasteiger charge is 2.09. The van der Waals surface area contributed by atoms with Crippen LogP contribution in [-0.2, 0) is 0 Å². The van der Waals surface area contributed by atoms with Crippen molar-refractivity contribution in [3.05, 3.63) is 0 Å². The number of nitrogens with zero attached hydrogens (tertiary/aromatic N) is 1. The van der Waals surface area contributed by atoms with Gasteiger partial charge >= 0.3 is 0 Å². The van der Waals surface area contributed by atoms with E-state index in [1.807, 2.05) is 0 Å². The first kappa shape index (κ1) is 10.9. The molecule has 11 heavy (non-hydrogen) atoms. The van der Waals surface area contributed by atoms with Gasteiger partial charge in [0.25, 0.3) is 0 Å². The molecule has 68 valence electrons. The van der Waals surface area contributed by atoms with Gasteiger partial charge in [-0.15, -0.1) is 0 Å². The molecule has 0 aliphatic heterocycles. The molecule has 0 saturated heterocycles. The van der Waals surface area contributed by atoms with Crippen LogP contribution < -0.4 is 0 Å². The molecule has 0 aliphatic rings. The van der Waals surface area contributed by atoms with Crippen molar-refractivity contribution in [1.82, 2.24) is 4.90 Å². The zero-order chi connectivity index (χ0) is 8.85. The average Bonchev–Trinajstić information content (AvgIpc) is 1.86. The fourth-order valence-corrected chi connectivity index (χ4v) is 1.24.